The fraction of sp³-hybridized carbons (Fsp3) is 0.188. The van der Waals surface area contributed by atoms with Crippen LogP contribution in [-0.4, -0.2) is 20.1 Å². The van der Waals surface area contributed by atoms with Gasteiger partial charge in [0.25, 0.3) is 0 Å². The van der Waals surface area contributed by atoms with Crippen molar-refractivity contribution in [3.05, 3.63) is 54.1 Å². The van der Waals surface area contributed by atoms with Crippen molar-refractivity contribution < 1.29 is 4.79 Å². The second-order valence-electron chi connectivity index (χ2n) is 4.89. The topological polar surface area (TPSA) is 44.4 Å². The third kappa shape index (κ3) is 3.75. The average molecular weight is 269 g/mol. The van der Waals surface area contributed by atoms with Gasteiger partial charge in [-0.25, -0.2) is 4.79 Å². The molecule has 0 aliphatic heterocycles. The number of rotatable bonds is 3. The summed E-state index contributed by atoms with van der Waals surface area (Å²) >= 11 is 0. The van der Waals surface area contributed by atoms with Gasteiger partial charge in [0.2, 0.25) is 0 Å². The second-order valence-corrected chi connectivity index (χ2v) is 4.89. The standard InChI is InChI=1S/C16H19N3O/c1-12-4-6-13(7-5-12)17-16(20)18-14-8-10-15(11-9-14)19(2)3/h4-11H,1-3H3,(H2,17,18,20). The summed E-state index contributed by atoms with van der Waals surface area (Å²) in [5, 5.41) is 5.60. The molecule has 0 saturated carbocycles. The summed E-state index contributed by atoms with van der Waals surface area (Å²) in [6, 6.07) is 15.1. The van der Waals surface area contributed by atoms with Gasteiger partial charge in [0.1, 0.15) is 0 Å². The van der Waals surface area contributed by atoms with E-state index in [4.69, 9.17) is 0 Å². The van der Waals surface area contributed by atoms with Gasteiger partial charge in [-0.05, 0) is 43.3 Å². The van der Waals surface area contributed by atoms with Gasteiger partial charge in [-0.3, -0.25) is 0 Å². The van der Waals surface area contributed by atoms with Crippen LogP contribution < -0.4 is 15.5 Å². The zero-order valence-corrected chi connectivity index (χ0v) is 12.0. The van der Waals surface area contributed by atoms with E-state index in [1.54, 1.807) is 0 Å². The Labute approximate surface area is 119 Å². The van der Waals surface area contributed by atoms with Gasteiger partial charge in [-0.15, -0.1) is 0 Å². The van der Waals surface area contributed by atoms with Gasteiger partial charge >= 0.3 is 6.03 Å². The lowest BCUT2D eigenvalue weighted by Gasteiger charge is -2.13. The van der Waals surface area contributed by atoms with E-state index in [0.29, 0.717) is 0 Å². The summed E-state index contributed by atoms with van der Waals surface area (Å²) in [4.78, 5) is 13.9. The number of nitrogens with one attached hydrogen (secondary N) is 2. The number of carbonyl (C=O) groups excluding carboxylic acids is 1. The monoisotopic (exact) mass is 269 g/mol. The Morgan fingerprint density at radius 1 is 0.850 bits per heavy atom. The molecule has 0 bridgehead atoms. The molecule has 2 aromatic carbocycles. The molecule has 0 aliphatic carbocycles. The van der Waals surface area contributed by atoms with Crippen LogP contribution in [0.25, 0.3) is 0 Å². The van der Waals surface area contributed by atoms with E-state index in [1.807, 2.05) is 74.4 Å². The molecule has 0 fully saturated rings. The van der Waals surface area contributed by atoms with Gasteiger partial charge in [0.05, 0.1) is 0 Å². The van der Waals surface area contributed by atoms with E-state index in [2.05, 4.69) is 10.6 Å². The van der Waals surface area contributed by atoms with E-state index in [0.717, 1.165) is 22.6 Å². The van der Waals surface area contributed by atoms with Crippen LogP contribution in [0.2, 0.25) is 0 Å². The third-order valence-electron chi connectivity index (χ3n) is 2.95. The third-order valence-corrected chi connectivity index (χ3v) is 2.95. The molecule has 4 nitrogen and oxygen atoms in total. The maximum absolute atomic E-state index is 11.9. The van der Waals surface area contributed by atoms with Crippen LogP contribution in [0.5, 0.6) is 0 Å². The molecular weight excluding hydrogens is 250 g/mol. The maximum Gasteiger partial charge on any atom is 0.323 e. The SMILES string of the molecule is Cc1ccc(NC(=O)Nc2ccc(N(C)C)cc2)cc1. The van der Waals surface area contributed by atoms with Crippen LogP contribution in [0, 0.1) is 6.92 Å². The Morgan fingerprint density at radius 2 is 1.30 bits per heavy atom. The molecule has 20 heavy (non-hydrogen) atoms. The summed E-state index contributed by atoms with van der Waals surface area (Å²) in [6.45, 7) is 2.01. The summed E-state index contributed by atoms with van der Waals surface area (Å²) < 4.78 is 0. The molecule has 0 aliphatic rings. The van der Waals surface area contributed by atoms with Crippen LogP contribution in [0.1, 0.15) is 5.56 Å². The Balaban J connectivity index is 1.95. The summed E-state index contributed by atoms with van der Waals surface area (Å²) in [5.41, 5.74) is 3.79. The van der Waals surface area contributed by atoms with Crippen molar-refractivity contribution in [2.75, 3.05) is 29.6 Å². The molecule has 2 amide bonds. The molecular formula is C16H19N3O. The highest BCUT2D eigenvalue weighted by Gasteiger charge is 2.03. The highest BCUT2D eigenvalue weighted by Crippen LogP contribution is 2.16. The number of carbonyl (C=O) groups is 1. The number of urea groups is 1. The normalized spacial score (nSPS) is 9.95. The fourth-order valence-electron chi connectivity index (χ4n) is 1.77. The van der Waals surface area contributed by atoms with Crippen LogP contribution in [0.15, 0.2) is 48.5 Å². The average Bonchev–Trinajstić information content (AvgIpc) is 2.42. The molecule has 0 aromatic heterocycles. The lowest BCUT2D eigenvalue weighted by atomic mass is 10.2. The van der Waals surface area contributed by atoms with E-state index < -0.39 is 0 Å². The zero-order valence-electron chi connectivity index (χ0n) is 12.0. The van der Waals surface area contributed by atoms with Crippen LogP contribution in [0.3, 0.4) is 0 Å². The first-order valence-corrected chi connectivity index (χ1v) is 6.46. The summed E-state index contributed by atoms with van der Waals surface area (Å²) in [7, 11) is 3.96. The van der Waals surface area contributed by atoms with Gasteiger partial charge in [-0.1, -0.05) is 17.7 Å². The van der Waals surface area contributed by atoms with Crippen molar-refractivity contribution in [1.29, 1.82) is 0 Å². The van der Waals surface area contributed by atoms with Crippen molar-refractivity contribution in [1.82, 2.24) is 0 Å². The Morgan fingerprint density at radius 3 is 1.75 bits per heavy atom. The van der Waals surface area contributed by atoms with E-state index in [9.17, 15) is 4.79 Å². The molecule has 2 N–H and O–H groups in total. The first kappa shape index (κ1) is 13.9. The van der Waals surface area contributed by atoms with Crippen molar-refractivity contribution in [3.8, 4) is 0 Å². The second kappa shape index (κ2) is 6.10. The molecule has 0 unspecified atom stereocenters. The molecule has 0 saturated heterocycles. The van der Waals surface area contributed by atoms with Gasteiger partial charge < -0.3 is 15.5 Å². The predicted octanol–water partition coefficient (Wildman–Crippen LogP) is 3.71. The van der Waals surface area contributed by atoms with Crippen molar-refractivity contribution in [2.24, 2.45) is 0 Å². The minimum Gasteiger partial charge on any atom is -0.378 e. The number of benzene rings is 2. The van der Waals surface area contributed by atoms with Crippen molar-refractivity contribution in [3.63, 3.8) is 0 Å². The lowest BCUT2D eigenvalue weighted by molar-refractivity contribution is 0.262. The van der Waals surface area contributed by atoms with Crippen LogP contribution >= 0.6 is 0 Å². The van der Waals surface area contributed by atoms with E-state index >= 15 is 0 Å². The molecule has 0 heterocycles. The molecule has 4 heteroatoms. The smallest absolute Gasteiger partial charge is 0.323 e. The number of hydrogen-bond donors (Lipinski definition) is 2. The molecule has 2 aromatic rings. The summed E-state index contributed by atoms with van der Waals surface area (Å²) in [6.07, 6.45) is 0. The Kier molecular flexibility index (Phi) is 4.25. The highest BCUT2D eigenvalue weighted by atomic mass is 16.2. The van der Waals surface area contributed by atoms with Gasteiger partial charge in [0, 0.05) is 31.2 Å². The molecule has 0 radical (unpaired) electrons. The minimum atomic E-state index is -0.244. The lowest BCUT2D eigenvalue weighted by Crippen LogP contribution is -2.19. The quantitative estimate of drug-likeness (QED) is 0.892. The first-order valence-electron chi connectivity index (χ1n) is 6.46. The number of hydrogen-bond acceptors (Lipinski definition) is 2. The van der Waals surface area contributed by atoms with Gasteiger partial charge in [0.15, 0.2) is 0 Å². The predicted molar refractivity (Wildman–Crippen MR) is 84.6 cm³/mol. The number of amides is 2. The van der Waals surface area contributed by atoms with E-state index in [1.165, 1.54) is 0 Å². The van der Waals surface area contributed by atoms with Crippen molar-refractivity contribution >= 4 is 23.1 Å². The number of nitrogens with zero attached hydrogens (tertiary/aromatic N) is 1. The first-order chi connectivity index (χ1) is 9.54. The molecule has 104 valence electrons. The largest absolute Gasteiger partial charge is 0.378 e. The molecule has 0 atom stereocenters. The van der Waals surface area contributed by atoms with E-state index in [-0.39, 0.29) is 6.03 Å². The molecule has 0 spiro atoms. The highest BCUT2D eigenvalue weighted by molar-refractivity contribution is 5.99. The Hall–Kier alpha value is -2.49. The van der Waals surface area contributed by atoms with Gasteiger partial charge in [-0.2, -0.15) is 0 Å². The maximum atomic E-state index is 11.9. The van der Waals surface area contributed by atoms with Crippen molar-refractivity contribution in [2.45, 2.75) is 6.92 Å². The number of anilines is 3. The minimum absolute atomic E-state index is 0.244. The Bertz CT molecular complexity index is 574. The van der Waals surface area contributed by atoms with Crippen LogP contribution in [0.4, 0.5) is 21.9 Å². The number of aryl methyl sites for hydroxylation is 1. The molecule has 2 rings (SSSR count). The summed E-state index contributed by atoms with van der Waals surface area (Å²) in [5.74, 6) is 0. The fourth-order valence-corrected chi connectivity index (χ4v) is 1.77. The van der Waals surface area contributed by atoms with Crippen LogP contribution in [-0.2, 0) is 0 Å². The zero-order chi connectivity index (χ0) is 14.5.